The third-order valence-corrected chi connectivity index (χ3v) is 12.2. The average Bonchev–Trinajstić information content (AvgIpc) is 3.48. The molecule has 6 atom stereocenters. The number of nitrogens with zero attached hydrogens (tertiary/aromatic N) is 3. The number of nitro benzene ring substituents is 1. The summed E-state index contributed by atoms with van der Waals surface area (Å²) in [5.74, 6) is -23.4. The van der Waals surface area contributed by atoms with Crippen molar-refractivity contribution in [2.45, 2.75) is 28.5 Å². The second-order valence-electron chi connectivity index (χ2n) is 13.2. The summed E-state index contributed by atoms with van der Waals surface area (Å²) in [6.45, 7) is 0. The van der Waals surface area contributed by atoms with E-state index in [1.807, 2.05) is 0 Å². The first-order valence-electron chi connectivity index (χ1n) is 15.9. The maximum absolute atomic E-state index is 15.3. The number of allylic oxidation sites excluding steroid dienone is 2. The number of rotatable bonds is 4. The number of carbonyl (C=O) groups excluding carboxylic acids is 4. The van der Waals surface area contributed by atoms with Gasteiger partial charge in [0.1, 0.15) is 11.4 Å². The summed E-state index contributed by atoms with van der Waals surface area (Å²) in [5, 5.41) is 23.7. The minimum atomic E-state index is -2.84. The van der Waals surface area contributed by atoms with E-state index >= 15 is 8.78 Å². The van der Waals surface area contributed by atoms with E-state index in [0.717, 1.165) is 17.0 Å². The molecule has 0 aromatic heterocycles. The Morgan fingerprint density at radius 3 is 2.13 bits per heavy atom. The van der Waals surface area contributed by atoms with Crippen LogP contribution in [0.4, 0.5) is 39.0 Å². The minimum absolute atomic E-state index is 0.106. The van der Waals surface area contributed by atoms with Gasteiger partial charge in [-0.1, -0.05) is 48.0 Å². The van der Waals surface area contributed by atoms with Crippen molar-refractivity contribution in [2.75, 3.05) is 9.80 Å². The third kappa shape index (κ3) is 4.37. The number of imide groups is 2. The molecular formula is C36H20Cl2F5N3O7. The number of amides is 4. The number of hydrogen-bond donors (Lipinski definition) is 1. The van der Waals surface area contributed by atoms with E-state index in [2.05, 4.69) is 0 Å². The maximum atomic E-state index is 15.3. The van der Waals surface area contributed by atoms with E-state index in [0.29, 0.717) is 5.39 Å². The van der Waals surface area contributed by atoms with Gasteiger partial charge < -0.3 is 5.11 Å². The van der Waals surface area contributed by atoms with Crippen molar-refractivity contribution in [3.05, 3.63) is 117 Å². The highest BCUT2D eigenvalue weighted by Crippen LogP contribution is 2.67. The Balaban J connectivity index is 1.36. The molecule has 1 N–H and O–H groups in total. The molecule has 1 saturated carbocycles. The number of non-ortho nitro benzene ring substituents is 1. The smallest absolute Gasteiger partial charge is 0.271 e. The van der Waals surface area contributed by atoms with E-state index in [-0.39, 0.29) is 33.5 Å². The van der Waals surface area contributed by atoms with Gasteiger partial charge in [0.15, 0.2) is 33.0 Å². The fourth-order valence-corrected chi connectivity index (χ4v) is 9.39. The van der Waals surface area contributed by atoms with Gasteiger partial charge in [0.2, 0.25) is 17.6 Å². The molecule has 17 heteroatoms. The zero-order valence-electron chi connectivity index (χ0n) is 26.5. The molecule has 6 unspecified atom stereocenters. The summed E-state index contributed by atoms with van der Waals surface area (Å²) in [7, 11) is 0. The Hall–Kier alpha value is -5.41. The Morgan fingerprint density at radius 2 is 1.45 bits per heavy atom. The standard InChI is InChI=1S/C36H20Cl2F5N3O7/c37-35-13-20-18(9-10-19-22(20)32(49)44(31(19)48)15-5-3-6-16(12-15)46(52)53)24(23-17-7-2-1-4-14(17)8-11-21(23)47)36(35,38)34(51)45(33(35)50)30-28(42)26(40)25(39)27(41)29(30)43/h1-9,11-12,19-20,22,24,47H,10,13H2. The summed E-state index contributed by atoms with van der Waals surface area (Å²) in [5.41, 5.74) is -2.45. The molecule has 270 valence electrons. The molecule has 0 spiro atoms. The Labute approximate surface area is 304 Å². The van der Waals surface area contributed by atoms with Crippen LogP contribution in [0.1, 0.15) is 24.3 Å². The molecule has 8 rings (SSSR count). The highest BCUT2D eigenvalue weighted by molar-refractivity contribution is 6.58. The highest BCUT2D eigenvalue weighted by atomic mass is 35.5. The zero-order valence-corrected chi connectivity index (χ0v) is 28.0. The van der Waals surface area contributed by atoms with Crippen molar-refractivity contribution >= 4 is 74.7 Å². The van der Waals surface area contributed by atoms with Crippen LogP contribution in [0.15, 0.2) is 72.3 Å². The normalized spacial score (nSPS) is 27.9. The molecule has 53 heavy (non-hydrogen) atoms. The van der Waals surface area contributed by atoms with Crippen LogP contribution in [0.2, 0.25) is 0 Å². The van der Waals surface area contributed by atoms with E-state index in [1.165, 1.54) is 36.4 Å². The number of phenols is 1. The molecule has 2 saturated heterocycles. The van der Waals surface area contributed by atoms with Gasteiger partial charge in [0.25, 0.3) is 17.5 Å². The number of halogens is 7. The van der Waals surface area contributed by atoms with Crippen molar-refractivity contribution < 1.29 is 51.2 Å². The van der Waals surface area contributed by atoms with E-state index in [1.54, 1.807) is 18.2 Å². The molecule has 2 aliphatic carbocycles. The van der Waals surface area contributed by atoms with Crippen LogP contribution in [-0.2, 0) is 19.2 Å². The number of anilines is 2. The number of phenolic OH excluding ortho intramolecular Hbond substituents is 1. The Morgan fingerprint density at radius 1 is 0.792 bits per heavy atom. The molecule has 4 aliphatic rings. The average molecular weight is 772 g/mol. The molecule has 10 nitrogen and oxygen atoms in total. The lowest BCUT2D eigenvalue weighted by Crippen LogP contribution is -2.60. The van der Waals surface area contributed by atoms with Crippen LogP contribution in [0, 0.1) is 57.0 Å². The first-order valence-corrected chi connectivity index (χ1v) is 16.6. The lowest BCUT2D eigenvalue weighted by Gasteiger charge is -2.51. The van der Waals surface area contributed by atoms with Gasteiger partial charge in [0, 0.05) is 23.6 Å². The number of aromatic hydroxyl groups is 1. The van der Waals surface area contributed by atoms with E-state index < -0.39 is 115 Å². The van der Waals surface area contributed by atoms with Crippen molar-refractivity contribution in [3.8, 4) is 5.75 Å². The van der Waals surface area contributed by atoms with Gasteiger partial charge in [-0.05, 0) is 41.7 Å². The van der Waals surface area contributed by atoms with Crippen LogP contribution in [-0.4, -0.2) is 43.4 Å². The lowest BCUT2D eigenvalue weighted by atomic mass is 9.56. The van der Waals surface area contributed by atoms with Gasteiger partial charge in [-0.3, -0.25) is 29.3 Å². The summed E-state index contributed by atoms with van der Waals surface area (Å²) in [6, 6.07) is 13.9. The highest BCUT2D eigenvalue weighted by Gasteiger charge is 2.77. The predicted octanol–water partition coefficient (Wildman–Crippen LogP) is 6.92. The van der Waals surface area contributed by atoms with Crippen molar-refractivity contribution in [3.63, 3.8) is 0 Å². The fraction of sp³-hybridized carbons (Fsp3) is 0.222. The number of benzene rings is 4. The van der Waals surface area contributed by atoms with Crippen molar-refractivity contribution in [1.82, 2.24) is 0 Å². The second-order valence-corrected chi connectivity index (χ2v) is 14.4. The number of hydrogen-bond acceptors (Lipinski definition) is 7. The quantitative estimate of drug-likeness (QED) is 0.0348. The summed E-state index contributed by atoms with van der Waals surface area (Å²) in [4.78, 5) is 62.8. The van der Waals surface area contributed by atoms with Crippen LogP contribution < -0.4 is 9.80 Å². The van der Waals surface area contributed by atoms with Gasteiger partial charge >= 0.3 is 0 Å². The molecular weight excluding hydrogens is 752 g/mol. The van der Waals surface area contributed by atoms with Crippen LogP contribution in [0.25, 0.3) is 10.8 Å². The zero-order chi connectivity index (χ0) is 38.0. The third-order valence-electron chi connectivity index (χ3n) is 10.8. The lowest BCUT2D eigenvalue weighted by molar-refractivity contribution is -0.384. The Kier molecular flexibility index (Phi) is 7.55. The van der Waals surface area contributed by atoms with E-state index in [9.17, 15) is 47.6 Å². The fourth-order valence-electron chi connectivity index (χ4n) is 8.47. The number of fused-ring (bicyclic) bond motifs is 5. The van der Waals surface area contributed by atoms with Crippen LogP contribution >= 0.6 is 23.2 Å². The first-order chi connectivity index (χ1) is 25.1. The molecule has 4 aromatic carbocycles. The van der Waals surface area contributed by atoms with E-state index in [4.69, 9.17) is 23.2 Å². The largest absolute Gasteiger partial charge is 0.508 e. The van der Waals surface area contributed by atoms with Crippen molar-refractivity contribution in [1.29, 1.82) is 0 Å². The van der Waals surface area contributed by atoms with Crippen molar-refractivity contribution in [2.24, 2.45) is 17.8 Å². The van der Waals surface area contributed by atoms with Gasteiger partial charge in [-0.15, -0.1) is 23.2 Å². The van der Waals surface area contributed by atoms with Crippen LogP contribution in [0.5, 0.6) is 5.75 Å². The number of alkyl halides is 2. The molecule has 3 fully saturated rings. The maximum Gasteiger partial charge on any atom is 0.271 e. The van der Waals surface area contributed by atoms with Gasteiger partial charge in [-0.2, -0.15) is 0 Å². The number of carbonyl (C=O) groups is 4. The molecule has 0 radical (unpaired) electrons. The Bertz CT molecular complexity index is 2420. The first kappa shape index (κ1) is 34.7. The molecule has 2 aliphatic heterocycles. The monoisotopic (exact) mass is 771 g/mol. The summed E-state index contributed by atoms with van der Waals surface area (Å²) in [6.07, 6.45) is 0.560. The molecule has 2 heterocycles. The topological polar surface area (TPSA) is 138 Å². The molecule has 0 bridgehead atoms. The summed E-state index contributed by atoms with van der Waals surface area (Å²) < 4.78 is 73.8. The summed E-state index contributed by atoms with van der Waals surface area (Å²) >= 11 is 14.4. The molecule has 4 aromatic rings. The second kappa shape index (κ2) is 11.5. The number of nitro groups is 1. The minimum Gasteiger partial charge on any atom is -0.508 e. The predicted molar refractivity (Wildman–Crippen MR) is 178 cm³/mol. The molecule has 4 amide bonds. The SMILES string of the molecule is O=C1C2CC=C3C(CC4(Cl)C(=O)N(c5c(F)c(F)c(F)c(F)c5F)C(=O)C4(Cl)C3c3c(O)ccc4ccccc34)C2C(=O)N1c1cccc([N+](=O)[O-])c1. The van der Waals surface area contributed by atoms with Gasteiger partial charge in [-0.25, -0.2) is 31.8 Å². The van der Waals surface area contributed by atoms with Crippen LogP contribution in [0.3, 0.4) is 0 Å². The van der Waals surface area contributed by atoms with Gasteiger partial charge in [0.05, 0.1) is 22.4 Å².